The Kier molecular flexibility index (Phi) is 3.23. The molecule has 82 valence electrons. The predicted molar refractivity (Wildman–Crippen MR) is 60.2 cm³/mol. The van der Waals surface area contributed by atoms with E-state index in [2.05, 4.69) is 11.5 Å². The highest BCUT2D eigenvalue weighted by Gasteiger charge is 2.28. The molecule has 3 nitrogen and oxygen atoms in total. The molecule has 0 aliphatic heterocycles. The topological polar surface area (TPSA) is 42.4 Å². The molecule has 1 saturated carbocycles. The number of rotatable bonds is 6. The van der Waals surface area contributed by atoms with Crippen molar-refractivity contribution in [2.24, 2.45) is 5.73 Å². The van der Waals surface area contributed by atoms with Crippen LogP contribution in [0.3, 0.4) is 0 Å². The van der Waals surface area contributed by atoms with Crippen LogP contribution in [0.5, 0.6) is 0 Å². The van der Waals surface area contributed by atoms with Crippen LogP contribution in [-0.4, -0.2) is 17.5 Å². The lowest BCUT2D eigenvalue weighted by molar-refractivity contribution is 0.281. The average molecular weight is 206 g/mol. The number of hydrogen-bond acceptors (Lipinski definition) is 3. The van der Waals surface area contributed by atoms with Crippen LogP contribution < -0.4 is 5.73 Å². The van der Waals surface area contributed by atoms with E-state index in [9.17, 15) is 0 Å². The largest absolute Gasteiger partial charge is 0.468 e. The van der Waals surface area contributed by atoms with Crippen LogP contribution in [0.25, 0.3) is 0 Å². The lowest BCUT2D eigenvalue weighted by Gasteiger charge is -2.19. The summed E-state index contributed by atoms with van der Waals surface area (Å²) in [7, 11) is 0. The van der Waals surface area contributed by atoms with Crippen LogP contribution in [0.15, 0.2) is 29.4 Å². The highest BCUT2D eigenvalue weighted by molar-refractivity contribution is 5.17. The molecule has 0 atom stereocenters. The third-order valence-corrected chi connectivity index (χ3v) is 2.82. The molecule has 1 heterocycles. The predicted octanol–water partition coefficient (Wildman–Crippen LogP) is 1.89. The fourth-order valence-electron chi connectivity index (χ4n) is 1.85. The van der Waals surface area contributed by atoms with Gasteiger partial charge in [0.25, 0.3) is 0 Å². The standard InChI is InChI=1S/C12H18N2O/c1-2-6-14(11-3-4-11)9-10-5-7-15-12(10)8-13/h2,5,7,11H,1,3-4,6,8-9,13H2. The Morgan fingerprint density at radius 1 is 1.60 bits per heavy atom. The Morgan fingerprint density at radius 2 is 2.40 bits per heavy atom. The van der Waals surface area contributed by atoms with Crippen molar-refractivity contribution in [3.05, 3.63) is 36.3 Å². The summed E-state index contributed by atoms with van der Waals surface area (Å²) >= 11 is 0. The van der Waals surface area contributed by atoms with E-state index in [0.717, 1.165) is 24.9 Å². The minimum Gasteiger partial charge on any atom is -0.468 e. The van der Waals surface area contributed by atoms with Crippen molar-refractivity contribution in [3.63, 3.8) is 0 Å². The minimum absolute atomic E-state index is 0.481. The summed E-state index contributed by atoms with van der Waals surface area (Å²) in [4.78, 5) is 2.43. The molecular weight excluding hydrogens is 188 g/mol. The van der Waals surface area contributed by atoms with Gasteiger partial charge in [-0.25, -0.2) is 0 Å². The van der Waals surface area contributed by atoms with Crippen LogP contribution in [0, 0.1) is 0 Å². The SMILES string of the molecule is C=CCN(Cc1ccoc1CN)C1CC1. The van der Waals surface area contributed by atoms with E-state index in [1.54, 1.807) is 6.26 Å². The molecule has 1 aromatic rings. The highest BCUT2D eigenvalue weighted by atomic mass is 16.3. The molecule has 0 saturated heterocycles. The molecule has 0 spiro atoms. The highest BCUT2D eigenvalue weighted by Crippen LogP contribution is 2.28. The Bertz CT molecular complexity index is 328. The van der Waals surface area contributed by atoms with E-state index in [-0.39, 0.29) is 0 Å². The van der Waals surface area contributed by atoms with Crippen molar-refractivity contribution < 1.29 is 4.42 Å². The van der Waals surface area contributed by atoms with Crippen molar-refractivity contribution >= 4 is 0 Å². The second-order valence-electron chi connectivity index (χ2n) is 4.02. The molecule has 0 aromatic carbocycles. The second kappa shape index (κ2) is 4.64. The van der Waals surface area contributed by atoms with Gasteiger partial charge in [-0.1, -0.05) is 6.08 Å². The van der Waals surface area contributed by atoms with Gasteiger partial charge in [0, 0.05) is 24.7 Å². The van der Waals surface area contributed by atoms with Gasteiger partial charge in [0.05, 0.1) is 12.8 Å². The first-order valence-electron chi connectivity index (χ1n) is 5.45. The van der Waals surface area contributed by atoms with Gasteiger partial charge in [0.15, 0.2) is 0 Å². The van der Waals surface area contributed by atoms with Gasteiger partial charge >= 0.3 is 0 Å². The van der Waals surface area contributed by atoms with Crippen molar-refractivity contribution in [3.8, 4) is 0 Å². The Hall–Kier alpha value is -1.06. The summed E-state index contributed by atoms with van der Waals surface area (Å²) in [5.41, 5.74) is 6.82. The Morgan fingerprint density at radius 3 is 3.00 bits per heavy atom. The molecule has 2 rings (SSSR count). The lowest BCUT2D eigenvalue weighted by Crippen LogP contribution is -2.25. The van der Waals surface area contributed by atoms with Gasteiger partial charge in [-0.15, -0.1) is 6.58 Å². The summed E-state index contributed by atoms with van der Waals surface area (Å²) in [5.74, 6) is 0.907. The zero-order valence-corrected chi connectivity index (χ0v) is 8.98. The summed E-state index contributed by atoms with van der Waals surface area (Å²) in [5, 5.41) is 0. The molecule has 2 N–H and O–H groups in total. The van der Waals surface area contributed by atoms with Crippen molar-refractivity contribution in [1.82, 2.24) is 4.90 Å². The zero-order valence-electron chi connectivity index (χ0n) is 8.98. The Labute approximate surface area is 90.5 Å². The summed E-state index contributed by atoms with van der Waals surface area (Å²) in [6.07, 6.45) is 6.30. The van der Waals surface area contributed by atoms with Gasteiger partial charge in [-0.2, -0.15) is 0 Å². The van der Waals surface area contributed by atoms with E-state index in [1.807, 2.05) is 12.1 Å². The van der Waals surface area contributed by atoms with Crippen LogP contribution in [0.2, 0.25) is 0 Å². The van der Waals surface area contributed by atoms with Crippen molar-refractivity contribution in [2.45, 2.75) is 32.0 Å². The quantitative estimate of drug-likeness (QED) is 0.723. The second-order valence-corrected chi connectivity index (χ2v) is 4.02. The van der Waals surface area contributed by atoms with Crippen LogP contribution in [0.1, 0.15) is 24.2 Å². The zero-order chi connectivity index (χ0) is 10.7. The summed E-state index contributed by atoms with van der Waals surface area (Å²) in [6.45, 7) is 6.15. The van der Waals surface area contributed by atoms with E-state index >= 15 is 0 Å². The maximum absolute atomic E-state index is 5.60. The molecule has 0 bridgehead atoms. The summed E-state index contributed by atoms with van der Waals surface area (Å²) < 4.78 is 5.32. The molecule has 1 aromatic heterocycles. The van der Waals surface area contributed by atoms with E-state index in [1.165, 1.54) is 18.4 Å². The normalized spacial score (nSPS) is 15.9. The summed E-state index contributed by atoms with van der Waals surface area (Å²) in [6, 6.07) is 2.75. The molecule has 0 unspecified atom stereocenters. The van der Waals surface area contributed by atoms with Crippen LogP contribution in [-0.2, 0) is 13.1 Å². The fraction of sp³-hybridized carbons (Fsp3) is 0.500. The van der Waals surface area contributed by atoms with Gasteiger partial charge in [-0.3, -0.25) is 4.90 Å². The maximum Gasteiger partial charge on any atom is 0.121 e. The van der Waals surface area contributed by atoms with E-state index in [4.69, 9.17) is 10.2 Å². The monoisotopic (exact) mass is 206 g/mol. The third kappa shape index (κ3) is 2.49. The molecule has 0 radical (unpaired) electrons. The molecule has 1 aliphatic rings. The van der Waals surface area contributed by atoms with Crippen molar-refractivity contribution in [2.75, 3.05) is 6.54 Å². The maximum atomic E-state index is 5.60. The minimum atomic E-state index is 0.481. The first kappa shape index (κ1) is 10.5. The van der Waals surface area contributed by atoms with Crippen LogP contribution in [0.4, 0.5) is 0 Å². The number of furan rings is 1. The van der Waals surface area contributed by atoms with E-state index < -0.39 is 0 Å². The first-order valence-corrected chi connectivity index (χ1v) is 5.45. The average Bonchev–Trinajstić information content (AvgIpc) is 2.99. The van der Waals surface area contributed by atoms with Gasteiger partial charge < -0.3 is 10.2 Å². The molecule has 1 aliphatic carbocycles. The van der Waals surface area contributed by atoms with Gasteiger partial charge in [-0.05, 0) is 18.9 Å². The smallest absolute Gasteiger partial charge is 0.121 e. The number of hydrogen-bond donors (Lipinski definition) is 1. The third-order valence-electron chi connectivity index (χ3n) is 2.82. The molecule has 0 amide bonds. The molecule has 3 heteroatoms. The molecule has 1 fully saturated rings. The van der Waals surface area contributed by atoms with E-state index in [0.29, 0.717) is 6.54 Å². The van der Waals surface area contributed by atoms with Gasteiger partial charge in [0.1, 0.15) is 5.76 Å². The van der Waals surface area contributed by atoms with Crippen molar-refractivity contribution in [1.29, 1.82) is 0 Å². The number of nitrogens with zero attached hydrogens (tertiary/aromatic N) is 1. The molecular formula is C12H18N2O. The van der Waals surface area contributed by atoms with Gasteiger partial charge in [0.2, 0.25) is 0 Å². The first-order chi connectivity index (χ1) is 7.35. The Balaban J connectivity index is 2.01. The lowest BCUT2D eigenvalue weighted by atomic mass is 10.2. The fourth-order valence-corrected chi connectivity index (χ4v) is 1.85. The molecule has 15 heavy (non-hydrogen) atoms. The van der Waals surface area contributed by atoms with Crippen LogP contribution >= 0.6 is 0 Å². The number of nitrogens with two attached hydrogens (primary N) is 1.